The van der Waals surface area contributed by atoms with Crippen LogP contribution in [0.5, 0.6) is 0 Å². The number of amidine groups is 1. The normalized spacial score (nSPS) is 17.2. The Morgan fingerprint density at radius 2 is 2.26 bits per heavy atom. The summed E-state index contributed by atoms with van der Waals surface area (Å²) in [5, 5.41) is 3.34. The maximum absolute atomic E-state index is 11.8. The zero-order valence-electron chi connectivity index (χ0n) is 11.1. The minimum atomic E-state index is -0.320. The van der Waals surface area contributed by atoms with E-state index in [4.69, 9.17) is 4.74 Å². The van der Waals surface area contributed by atoms with Gasteiger partial charge in [-0.15, -0.1) is 0 Å². The Hall–Kier alpha value is -2.10. The van der Waals surface area contributed by atoms with Crippen LogP contribution in [0.1, 0.15) is 30.9 Å². The van der Waals surface area contributed by atoms with Crippen LogP contribution in [0.2, 0.25) is 0 Å². The minimum absolute atomic E-state index is 0.315. The van der Waals surface area contributed by atoms with Crippen LogP contribution >= 0.6 is 0 Å². The predicted octanol–water partition coefficient (Wildman–Crippen LogP) is 2.89. The van der Waals surface area contributed by atoms with Gasteiger partial charge in [-0.3, -0.25) is 0 Å². The molecule has 0 aromatic heterocycles. The summed E-state index contributed by atoms with van der Waals surface area (Å²) in [6.45, 7) is 4.44. The number of anilines is 1. The standard InChI is InChI=1S/C15H16N2O2/c1-3-4-13-16-12-6-5-9(2)7-10(12)11-8-19-15(18)14(11)17-13/h5-7H,3-4,8H2,1-2H3,(H,16,17). The molecule has 0 saturated carbocycles. The number of cyclic esters (lactones) is 1. The van der Waals surface area contributed by atoms with Gasteiger partial charge in [-0.1, -0.05) is 18.6 Å². The molecule has 0 fully saturated rings. The largest absolute Gasteiger partial charge is 0.456 e. The fourth-order valence-electron chi connectivity index (χ4n) is 2.41. The third-order valence-corrected chi connectivity index (χ3v) is 3.34. The predicted molar refractivity (Wildman–Crippen MR) is 75.0 cm³/mol. The van der Waals surface area contributed by atoms with Gasteiger partial charge in [-0.2, -0.15) is 0 Å². The Bertz CT molecular complexity index is 615. The first-order valence-corrected chi connectivity index (χ1v) is 6.55. The molecule has 3 rings (SSSR count). The van der Waals surface area contributed by atoms with Gasteiger partial charge in [-0.05, 0) is 25.5 Å². The fraction of sp³-hybridized carbons (Fsp3) is 0.333. The number of esters is 1. The van der Waals surface area contributed by atoms with Crippen LogP contribution in [0.4, 0.5) is 5.69 Å². The maximum Gasteiger partial charge on any atom is 0.357 e. The van der Waals surface area contributed by atoms with Crippen LogP contribution < -0.4 is 5.32 Å². The van der Waals surface area contributed by atoms with E-state index in [-0.39, 0.29) is 5.97 Å². The van der Waals surface area contributed by atoms with Crippen molar-refractivity contribution in [2.75, 3.05) is 11.9 Å². The summed E-state index contributed by atoms with van der Waals surface area (Å²) >= 11 is 0. The van der Waals surface area contributed by atoms with Crippen LogP contribution in [-0.4, -0.2) is 18.4 Å². The summed E-state index contributed by atoms with van der Waals surface area (Å²) in [7, 11) is 0. The highest BCUT2D eigenvalue weighted by molar-refractivity contribution is 6.10. The number of rotatable bonds is 2. The Balaban J connectivity index is 2.17. The highest BCUT2D eigenvalue weighted by atomic mass is 16.5. The third kappa shape index (κ3) is 2.03. The average Bonchev–Trinajstić information content (AvgIpc) is 2.66. The number of fused-ring (bicyclic) bond motifs is 2. The second kappa shape index (κ2) is 4.53. The van der Waals surface area contributed by atoms with Crippen molar-refractivity contribution < 1.29 is 9.53 Å². The van der Waals surface area contributed by atoms with E-state index in [1.165, 1.54) is 0 Å². The van der Waals surface area contributed by atoms with Crippen molar-refractivity contribution in [3.8, 4) is 0 Å². The zero-order valence-corrected chi connectivity index (χ0v) is 11.1. The van der Waals surface area contributed by atoms with Crippen molar-refractivity contribution in [2.45, 2.75) is 26.7 Å². The Labute approximate surface area is 112 Å². The Kier molecular flexibility index (Phi) is 2.85. The number of hydrogen-bond donors (Lipinski definition) is 1. The number of benzene rings is 1. The summed E-state index contributed by atoms with van der Waals surface area (Å²) in [6.07, 6.45) is 1.79. The van der Waals surface area contributed by atoms with E-state index in [0.717, 1.165) is 41.1 Å². The lowest BCUT2D eigenvalue weighted by Gasteiger charge is -2.12. The average molecular weight is 256 g/mol. The monoisotopic (exact) mass is 256 g/mol. The first-order chi connectivity index (χ1) is 9.19. The topological polar surface area (TPSA) is 50.7 Å². The van der Waals surface area contributed by atoms with Crippen LogP contribution in [0.15, 0.2) is 28.9 Å². The number of carbonyl (C=O) groups excluding carboxylic acids is 1. The quantitative estimate of drug-likeness (QED) is 0.828. The molecule has 0 aliphatic carbocycles. The molecule has 2 aliphatic rings. The second-order valence-corrected chi connectivity index (χ2v) is 4.89. The van der Waals surface area contributed by atoms with E-state index in [9.17, 15) is 4.79 Å². The molecule has 0 radical (unpaired) electrons. The van der Waals surface area contributed by atoms with Crippen LogP contribution in [0.3, 0.4) is 0 Å². The number of aliphatic imine (C=N–C) groups is 1. The smallest absolute Gasteiger partial charge is 0.357 e. The third-order valence-electron chi connectivity index (χ3n) is 3.34. The first-order valence-electron chi connectivity index (χ1n) is 6.55. The Morgan fingerprint density at radius 3 is 3.05 bits per heavy atom. The van der Waals surface area contributed by atoms with Crippen molar-refractivity contribution in [3.05, 3.63) is 35.0 Å². The first kappa shape index (κ1) is 12.0. The summed E-state index contributed by atoms with van der Waals surface area (Å²) in [4.78, 5) is 16.3. The fourth-order valence-corrected chi connectivity index (χ4v) is 2.41. The zero-order chi connectivity index (χ0) is 13.4. The van der Waals surface area contributed by atoms with Crippen molar-refractivity contribution in [1.82, 2.24) is 0 Å². The molecule has 98 valence electrons. The van der Waals surface area contributed by atoms with Gasteiger partial charge in [0.2, 0.25) is 0 Å². The lowest BCUT2D eigenvalue weighted by molar-refractivity contribution is -0.135. The molecule has 0 amide bonds. The van der Waals surface area contributed by atoms with Crippen molar-refractivity contribution >= 4 is 23.1 Å². The van der Waals surface area contributed by atoms with Crippen LogP contribution in [0, 0.1) is 6.92 Å². The highest BCUT2D eigenvalue weighted by Gasteiger charge is 2.29. The number of carbonyl (C=O) groups is 1. The van der Waals surface area contributed by atoms with Crippen LogP contribution in [-0.2, 0) is 9.53 Å². The summed E-state index contributed by atoms with van der Waals surface area (Å²) in [5.41, 5.74) is 4.53. The Morgan fingerprint density at radius 1 is 1.42 bits per heavy atom. The lowest BCUT2D eigenvalue weighted by atomic mass is 10.0. The van der Waals surface area contributed by atoms with E-state index in [1.807, 2.05) is 13.0 Å². The molecule has 0 bridgehead atoms. The molecule has 0 unspecified atom stereocenters. The molecule has 1 aromatic carbocycles. The molecule has 0 spiro atoms. The highest BCUT2D eigenvalue weighted by Crippen LogP contribution is 2.34. The van der Waals surface area contributed by atoms with Crippen molar-refractivity contribution in [3.63, 3.8) is 0 Å². The van der Waals surface area contributed by atoms with E-state index in [1.54, 1.807) is 0 Å². The number of aryl methyl sites for hydroxylation is 1. The molecule has 2 heterocycles. The molecular weight excluding hydrogens is 240 g/mol. The van der Waals surface area contributed by atoms with E-state index in [2.05, 4.69) is 29.4 Å². The van der Waals surface area contributed by atoms with Gasteiger partial charge in [0.15, 0.2) is 5.70 Å². The van der Waals surface area contributed by atoms with Gasteiger partial charge in [-0.25, -0.2) is 9.79 Å². The molecule has 19 heavy (non-hydrogen) atoms. The van der Waals surface area contributed by atoms with Gasteiger partial charge in [0.05, 0.1) is 0 Å². The van der Waals surface area contributed by atoms with Crippen molar-refractivity contribution in [1.29, 1.82) is 0 Å². The van der Waals surface area contributed by atoms with Gasteiger partial charge in [0, 0.05) is 23.2 Å². The molecule has 4 heteroatoms. The molecule has 0 saturated heterocycles. The van der Waals surface area contributed by atoms with E-state index >= 15 is 0 Å². The van der Waals surface area contributed by atoms with Gasteiger partial charge in [0.1, 0.15) is 12.4 Å². The van der Waals surface area contributed by atoms with Crippen molar-refractivity contribution in [2.24, 2.45) is 4.99 Å². The maximum atomic E-state index is 11.8. The molecule has 1 N–H and O–H groups in total. The lowest BCUT2D eigenvalue weighted by Crippen LogP contribution is -2.13. The molecule has 1 aromatic rings. The number of ether oxygens (including phenoxy) is 1. The second-order valence-electron chi connectivity index (χ2n) is 4.89. The molecular formula is C15H16N2O2. The minimum Gasteiger partial charge on any atom is -0.456 e. The van der Waals surface area contributed by atoms with E-state index in [0.29, 0.717) is 12.3 Å². The number of nitrogens with zero attached hydrogens (tertiary/aromatic N) is 1. The molecule has 2 aliphatic heterocycles. The van der Waals surface area contributed by atoms with Crippen LogP contribution in [0.25, 0.3) is 5.57 Å². The SMILES string of the molecule is CCCC1=NC2=C(COC2=O)c2cc(C)ccc2N1. The van der Waals surface area contributed by atoms with Gasteiger partial charge >= 0.3 is 5.97 Å². The van der Waals surface area contributed by atoms with E-state index < -0.39 is 0 Å². The number of hydrogen-bond acceptors (Lipinski definition) is 4. The summed E-state index contributed by atoms with van der Waals surface area (Å²) < 4.78 is 5.13. The summed E-state index contributed by atoms with van der Waals surface area (Å²) in [5.74, 6) is 0.510. The summed E-state index contributed by atoms with van der Waals surface area (Å²) in [6, 6.07) is 6.16. The van der Waals surface area contributed by atoms with Gasteiger partial charge in [0.25, 0.3) is 0 Å². The molecule has 4 nitrogen and oxygen atoms in total. The van der Waals surface area contributed by atoms with Gasteiger partial charge < -0.3 is 10.1 Å². The number of nitrogens with one attached hydrogen (secondary N) is 1. The molecule has 0 atom stereocenters.